The number of ether oxygens (including phenoxy) is 2. The van der Waals surface area contributed by atoms with Crippen LogP contribution < -0.4 is 9.46 Å². The Morgan fingerprint density at radius 3 is 2.65 bits per heavy atom. The number of esters is 1. The molecule has 9 heteroatoms. The van der Waals surface area contributed by atoms with E-state index in [9.17, 15) is 13.2 Å². The Labute approximate surface area is 133 Å². The number of aromatic nitrogens is 1. The Morgan fingerprint density at radius 2 is 2.09 bits per heavy atom. The first-order valence-corrected chi connectivity index (χ1v) is 8.06. The van der Waals surface area contributed by atoms with Crippen molar-refractivity contribution in [3.05, 3.63) is 41.3 Å². The minimum atomic E-state index is -3.77. The van der Waals surface area contributed by atoms with Crippen LogP contribution in [0.4, 0.5) is 0 Å². The van der Waals surface area contributed by atoms with Crippen LogP contribution in [0.2, 0.25) is 0 Å². The van der Waals surface area contributed by atoms with Gasteiger partial charge in [-0.2, -0.15) is 0 Å². The topological polar surface area (TPSA) is 108 Å². The largest absolute Gasteiger partial charge is 0.495 e. The average molecular weight is 340 g/mol. The molecule has 0 aliphatic heterocycles. The second-order valence-electron chi connectivity index (χ2n) is 4.58. The monoisotopic (exact) mass is 340 g/mol. The van der Waals surface area contributed by atoms with E-state index in [4.69, 9.17) is 14.0 Å². The van der Waals surface area contributed by atoms with Crippen LogP contribution in [0, 0.1) is 6.92 Å². The molecule has 2 rings (SSSR count). The third-order valence-electron chi connectivity index (χ3n) is 2.98. The Hall–Kier alpha value is -2.39. The lowest BCUT2D eigenvalue weighted by atomic mass is 10.2. The maximum Gasteiger partial charge on any atom is 0.338 e. The zero-order valence-corrected chi connectivity index (χ0v) is 13.6. The summed E-state index contributed by atoms with van der Waals surface area (Å²) in [6, 6.07) is 5.64. The van der Waals surface area contributed by atoms with Crippen LogP contribution in [0.25, 0.3) is 0 Å². The molecule has 1 heterocycles. The van der Waals surface area contributed by atoms with Gasteiger partial charge in [-0.15, -0.1) is 0 Å². The summed E-state index contributed by atoms with van der Waals surface area (Å²) in [7, 11) is -1.16. The van der Waals surface area contributed by atoms with Gasteiger partial charge in [-0.25, -0.2) is 17.9 Å². The summed E-state index contributed by atoms with van der Waals surface area (Å²) < 4.78 is 41.1. The smallest absolute Gasteiger partial charge is 0.338 e. The van der Waals surface area contributed by atoms with Crippen LogP contribution in [0.1, 0.15) is 21.8 Å². The predicted molar refractivity (Wildman–Crippen MR) is 79.6 cm³/mol. The number of methoxy groups -OCH3 is 1. The third kappa shape index (κ3) is 3.88. The molecule has 0 bridgehead atoms. The summed E-state index contributed by atoms with van der Waals surface area (Å²) in [5, 5.41) is 3.68. The van der Waals surface area contributed by atoms with Crippen molar-refractivity contribution < 1.29 is 27.2 Å². The second-order valence-corrected chi connectivity index (χ2v) is 6.44. The third-order valence-corrected chi connectivity index (χ3v) is 4.42. The molecule has 0 amide bonds. The lowest BCUT2D eigenvalue weighted by Gasteiger charge is -2.10. The fourth-order valence-corrected chi connectivity index (χ4v) is 2.75. The fourth-order valence-electron chi connectivity index (χ4n) is 1.83. The normalized spacial score (nSPS) is 11.3. The molecule has 0 saturated heterocycles. The van der Waals surface area contributed by atoms with E-state index in [0.717, 1.165) is 0 Å². The number of benzene rings is 1. The molecule has 2 aromatic rings. The van der Waals surface area contributed by atoms with E-state index in [2.05, 4.69) is 9.88 Å². The van der Waals surface area contributed by atoms with Gasteiger partial charge in [0.2, 0.25) is 10.0 Å². The number of nitrogens with zero attached hydrogens (tertiary/aromatic N) is 1. The molecule has 124 valence electrons. The van der Waals surface area contributed by atoms with Gasteiger partial charge in [-0.05, 0) is 32.2 Å². The molecule has 0 spiro atoms. The number of hydrogen-bond acceptors (Lipinski definition) is 7. The lowest BCUT2D eigenvalue weighted by molar-refractivity contribution is 0.0437. The highest BCUT2D eigenvalue weighted by molar-refractivity contribution is 7.89. The van der Waals surface area contributed by atoms with Gasteiger partial charge in [0.15, 0.2) is 12.4 Å². The Bertz CT molecular complexity index is 812. The van der Waals surface area contributed by atoms with Gasteiger partial charge in [0.05, 0.1) is 18.4 Å². The predicted octanol–water partition coefficient (Wildman–Crippen LogP) is 1.26. The van der Waals surface area contributed by atoms with Gasteiger partial charge in [0, 0.05) is 6.07 Å². The first-order valence-electron chi connectivity index (χ1n) is 6.58. The lowest BCUT2D eigenvalue weighted by Crippen LogP contribution is -2.20. The molecule has 0 unspecified atom stereocenters. The van der Waals surface area contributed by atoms with Crippen molar-refractivity contribution in [2.75, 3.05) is 14.2 Å². The molecule has 0 aliphatic carbocycles. The van der Waals surface area contributed by atoms with Crippen molar-refractivity contribution in [2.45, 2.75) is 18.4 Å². The molecule has 1 N–H and O–H groups in total. The molecule has 0 fully saturated rings. The average Bonchev–Trinajstić information content (AvgIpc) is 2.97. The molecule has 23 heavy (non-hydrogen) atoms. The second kappa shape index (κ2) is 6.80. The quantitative estimate of drug-likeness (QED) is 0.789. The van der Waals surface area contributed by atoms with Gasteiger partial charge >= 0.3 is 5.97 Å². The highest BCUT2D eigenvalue weighted by Gasteiger charge is 2.21. The Kier molecular flexibility index (Phi) is 5.02. The van der Waals surface area contributed by atoms with Crippen LogP contribution in [0.5, 0.6) is 5.75 Å². The Morgan fingerprint density at radius 1 is 1.35 bits per heavy atom. The summed E-state index contributed by atoms with van der Waals surface area (Å²) in [5.41, 5.74) is 0.749. The van der Waals surface area contributed by atoms with Gasteiger partial charge < -0.3 is 14.0 Å². The van der Waals surface area contributed by atoms with Crippen LogP contribution in [-0.2, 0) is 21.4 Å². The van der Waals surface area contributed by atoms with E-state index in [1.807, 2.05) is 0 Å². The standard InChI is InChI=1S/C14H16N2O6S/c1-9-6-11(22-16-9)8-21-14(17)10-4-5-12(20-3)13(7-10)23(18,19)15-2/h4-7,15H,8H2,1-3H3. The SMILES string of the molecule is CNS(=O)(=O)c1cc(C(=O)OCc2cc(C)no2)ccc1OC. The van der Waals surface area contributed by atoms with Crippen molar-refractivity contribution in [1.82, 2.24) is 9.88 Å². The molecule has 0 aliphatic rings. The van der Waals surface area contributed by atoms with E-state index in [1.54, 1.807) is 13.0 Å². The molecule has 0 atom stereocenters. The van der Waals surface area contributed by atoms with Crippen LogP contribution in [0.15, 0.2) is 33.7 Å². The van der Waals surface area contributed by atoms with Gasteiger partial charge in [-0.3, -0.25) is 0 Å². The minimum Gasteiger partial charge on any atom is -0.495 e. The molecular formula is C14H16N2O6S. The van der Waals surface area contributed by atoms with E-state index in [-0.39, 0.29) is 22.8 Å². The molecular weight excluding hydrogens is 324 g/mol. The number of rotatable bonds is 6. The van der Waals surface area contributed by atoms with Crippen LogP contribution in [0.3, 0.4) is 0 Å². The van der Waals surface area contributed by atoms with Crippen molar-refractivity contribution in [3.8, 4) is 5.75 Å². The number of hydrogen-bond donors (Lipinski definition) is 1. The van der Waals surface area contributed by atoms with E-state index < -0.39 is 16.0 Å². The van der Waals surface area contributed by atoms with Crippen molar-refractivity contribution in [1.29, 1.82) is 0 Å². The van der Waals surface area contributed by atoms with Crippen LogP contribution >= 0.6 is 0 Å². The maximum absolute atomic E-state index is 12.1. The number of carbonyl (C=O) groups excluding carboxylic acids is 1. The number of aryl methyl sites for hydroxylation is 1. The van der Waals surface area contributed by atoms with Gasteiger partial charge in [0.25, 0.3) is 0 Å². The highest BCUT2D eigenvalue weighted by Crippen LogP contribution is 2.25. The van der Waals surface area contributed by atoms with Crippen LogP contribution in [-0.4, -0.2) is 33.7 Å². The summed E-state index contributed by atoms with van der Waals surface area (Å²) in [4.78, 5) is 11.9. The molecule has 0 radical (unpaired) electrons. The highest BCUT2D eigenvalue weighted by atomic mass is 32.2. The van der Waals surface area contributed by atoms with Crippen molar-refractivity contribution >= 4 is 16.0 Å². The van der Waals surface area contributed by atoms with Crippen molar-refractivity contribution in [3.63, 3.8) is 0 Å². The summed E-state index contributed by atoms with van der Waals surface area (Å²) in [6.07, 6.45) is 0. The summed E-state index contributed by atoms with van der Waals surface area (Å²) >= 11 is 0. The molecule has 1 aromatic heterocycles. The van der Waals surface area contributed by atoms with Gasteiger partial charge in [-0.1, -0.05) is 5.16 Å². The molecule has 0 saturated carbocycles. The van der Waals surface area contributed by atoms with E-state index in [1.165, 1.54) is 32.4 Å². The molecule has 1 aromatic carbocycles. The zero-order chi connectivity index (χ0) is 17.0. The number of sulfonamides is 1. The maximum atomic E-state index is 12.1. The van der Waals surface area contributed by atoms with E-state index >= 15 is 0 Å². The summed E-state index contributed by atoms with van der Waals surface area (Å²) in [5.74, 6) is -0.163. The van der Waals surface area contributed by atoms with Gasteiger partial charge in [0.1, 0.15) is 10.6 Å². The molecule has 8 nitrogen and oxygen atoms in total. The fraction of sp³-hybridized carbons (Fsp3) is 0.286. The van der Waals surface area contributed by atoms with Crippen molar-refractivity contribution in [2.24, 2.45) is 0 Å². The zero-order valence-electron chi connectivity index (χ0n) is 12.8. The Balaban J connectivity index is 2.22. The number of nitrogens with one attached hydrogen (secondary N) is 1. The first kappa shape index (κ1) is 17.0. The minimum absolute atomic E-state index is 0.0795. The summed E-state index contributed by atoms with van der Waals surface area (Å²) in [6.45, 7) is 1.65. The first-order chi connectivity index (χ1) is 10.9. The number of carbonyl (C=O) groups is 1. The van der Waals surface area contributed by atoms with E-state index in [0.29, 0.717) is 11.5 Å².